The van der Waals surface area contributed by atoms with Crippen molar-refractivity contribution in [1.29, 1.82) is 0 Å². The van der Waals surface area contributed by atoms with E-state index in [1.54, 1.807) is 12.1 Å². The standard InChI is InChI=1S/C25H19Cl2OP/c26-22-17-10-18-23(27)24(22)25(19-11-4-1-5-12-19)29(28,20-13-6-2-7-14-20)21-15-8-3-9-16-21/h1-18,25H. The van der Waals surface area contributed by atoms with E-state index in [1.165, 1.54) is 0 Å². The van der Waals surface area contributed by atoms with Crippen LogP contribution in [0, 0.1) is 0 Å². The van der Waals surface area contributed by atoms with Crippen LogP contribution in [0.3, 0.4) is 0 Å². The summed E-state index contributed by atoms with van der Waals surface area (Å²) in [6, 6.07) is 34.5. The molecule has 29 heavy (non-hydrogen) atoms. The second kappa shape index (κ2) is 8.59. The van der Waals surface area contributed by atoms with Crippen molar-refractivity contribution in [3.8, 4) is 0 Å². The number of rotatable bonds is 5. The summed E-state index contributed by atoms with van der Waals surface area (Å²) in [5.41, 5.74) is 1.10. The van der Waals surface area contributed by atoms with Gasteiger partial charge in [-0.25, -0.2) is 0 Å². The minimum Gasteiger partial charge on any atom is -0.313 e. The van der Waals surface area contributed by atoms with Crippen molar-refractivity contribution in [1.82, 2.24) is 0 Å². The second-order valence-corrected chi connectivity index (χ2v) is 10.5. The van der Waals surface area contributed by atoms with Gasteiger partial charge in [-0.15, -0.1) is 0 Å². The van der Waals surface area contributed by atoms with Gasteiger partial charge in [0, 0.05) is 26.2 Å². The maximum absolute atomic E-state index is 15.1. The van der Waals surface area contributed by atoms with Crippen molar-refractivity contribution in [2.45, 2.75) is 5.66 Å². The lowest BCUT2D eigenvalue weighted by molar-refractivity contribution is 0.582. The molecule has 0 spiro atoms. The summed E-state index contributed by atoms with van der Waals surface area (Å²) in [6.07, 6.45) is 0. The normalized spacial score (nSPS) is 12.5. The Bertz CT molecular complexity index is 1080. The molecule has 1 nitrogen and oxygen atoms in total. The highest BCUT2D eigenvalue weighted by atomic mass is 35.5. The molecule has 0 bridgehead atoms. The molecule has 0 aliphatic heterocycles. The lowest BCUT2D eigenvalue weighted by atomic mass is 10.0. The second-order valence-electron chi connectivity index (χ2n) is 6.78. The monoisotopic (exact) mass is 436 g/mol. The van der Waals surface area contributed by atoms with E-state index in [1.807, 2.05) is 97.1 Å². The van der Waals surface area contributed by atoms with E-state index in [4.69, 9.17) is 23.2 Å². The van der Waals surface area contributed by atoms with Crippen LogP contribution in [-0.2, 0) is 4.57 Å². The summed E-state index contributed by atoms with van der Waals surface area (Å²) < 4.78 is 15.1. The smallest absolute Gasteiger partial charge is 0.154 e. The molecule has 4 aromatic carbocycles. The van der Waals surface area contributed by atoms with Gasteiger partial charge in [-0.05, 0) is 17.7 Å². The Morgan fingerprint density at radius 1 is 0.552 bits per heavy atom. The van der Waals surface area contributed by atoms with Gasteiger partial charge >= 0.3 is 0 Å². The molecule has 4 rings (SSSR count). The van der Waals surface area contributed by atoms with E-state index >= 15 is 4.57 Å². The molecule has 0 aliphatic rings. The lowest BCUT2D eigenvalue weighted by Crippen LogP contribution is -2.22. The molecule has 144 valence electrons. The Kier molecular flexibility index (Phi) is 5.92. The van der Waals surface area contributed by atoms with Gasteiger partial charge in [0.2, 0.25) is 0 Å². The van der Waals surface area contributed by atoms with E-state index in [0.717, 1.165) is 16.2 Å². The number of halogens is 2. The van der Waals surface area contributed by atoms with Crippen molar-refractivity contribution in [3.63, 3.8) is 0 Å². The maximum Gasteiger partial charge on any atom is 0.154 e. The minimum absolute atomic E-state index is 0.505. The summed E-state index contributed by atoms with van der Waals surface area (Å²) in [5, 5.41) is 2.57. The highest BCUT2D eigenvalue weighted by Gasteiger charge is 2.40. The molecule has 0 aliphatic carbocycles. The fourth-order valence-electron chi connectivity index (χ4n) is 3.71. The predicted octanol–water partition coefficient (Wildman–Crippen LogP) is 7.10. The predicted molar refractivity (Wildman–Crippen MR) is 125 cm³/mol. The molecular formula is C25H19Cl2OP. The first-order chi connectivity index (χ1) is 14.1. The zero-order chi connectivity index (χ0) is 20.3. The number of benzene rings is 4. The largest absolute Gasteiger partial charge is 0.313 e. The number of hydrogen-bond donors (Lipinski definition) is 0. The molecule has 0 heterocycles. The molecule has 0 fully saturated rings. The molecule has 0 N–H and O–H groups in total. The molecule has 4 heteroatoms. The van der Waals surface area contributed by atoms with Crippen LogP contribution >= 0.6 is 30.3 Å². The molecule has 0 saturated carbocycles. The number of hydrogen-bond acceptors (Lipinski definition) is 1. The highest BCUT2D eigenvalue weighted by molar-refractivity contribution is 7.79. The first kappa shape index (κ1) is 20.0. The molecule has 1 unspecified atom stereocenters. The van der Waals surface area contributed by atoms with Gasteiger partial charge in [0.25, 0.3) is 0 Å². The Hall–Kier alpha value is -2.31. The Balaban J connectivity index is 2.10. The van der Waals surface area contributed by atoms with E-state index < -0.39 is 12.8 Å². The summed E-state index contributed by atoms with van der Waals surface area (Å²) in [5.74, 6) is 0. The van der Waals surface area contributed by atoms with E-state index in [0.29, 0.717) is 15.6 Å². The fraction of sp³-hybridized carbons (Fsp3) is 0.0400. The Labute approximate surface area is 181 Å². The molecule has 0 aromatic heterocycles. The summed E-state index contributed by atoms with van der Waals surface area (Å²) in [4.78, 5) is 0. The van der Waals surface area contributed by atoms with E-state index in [-0.39, 0.29) is 0 Å². The molecule has 0 radical (unpaired) electrons. The minimum atomic E-state index is -3.20. The van der Waals surface area contributed by atoms with Crippen LogP contribution in [0.5, 0.6) is 0 Å². The van der Waals surface area contributed by atoms with Gasteiger partial charge in [-0.3, -0.25) is 0 Å². The Morgan fingerprint density at radius 2 is 0.966 bits per heavy atom. The van der Waals surface area contributed by atoms with Crippen molar-refractivity contribution in [3.05, 3.63) is 130 Å². The first-order valence-corrected chi connectivity index (χ1v) is 11.9. The summed E-state index contributed by atoms with van der Waals surface area (Å²) in [6.45, 7) is 0. The summed E-state index contributed by atoms with van der Waals surface area (Å²) >= 11 is 13.3. The maximum atomic E-state index is 15.1. The van der Waals surface area contributed by atoms with Crippen LogP contribution in [0.4, 0.5) is 0 Å². The van der Waals surface area contributed by atoms with Gasteiger partial charge in [-0.2, -0.15) is 0 Å². The molecule has 0 saturated heterocycles. The van der Waals surface area contributed by atoms with Crippen LogP contribution in [-0.4, -0.2) is 0 Å². The van der Waals surface area contributed by atoms with Crippen LogP contribution < -0.4 is 10.6 Å². The average Bonchev–Trinajstić information content (AvgIpc) is 2.78. The van der Waals surface area contributed by atoms with Crippen LogP contribution in [0.25, 0.3) is 0 Å². The van der Waals surface area contributed by atoms with Crippen molar-refractivity contribution < 1.29 is 4.57 Å². The first-order valence-electron chi connectivity index (χ1n) is 9.32. The molecular weight excluding hydrogens is 418 g/mol. The lowest BCUT2D eigenvalue weighted by Gasteiger charge is -2.31. The fourth-order valence-corrected chi connectivity index (χ4v) is 7.84. The van der Waals surface area contributed by atoms with Crippen LogP contribution in [0.15, 0.2) is 109 Å². The molecule has 4 aromatic rings. The third kappa shape index (κ3) is 3.79. The van der Waals surface area contributed by atoms with E-state index in [2.05, 4.69) is 0 Å². The quantitative estimate of drug-likeness (QED) is 0.305. The van der Waals surface area contributed by atoms with Gasteiger partial charge in [0.05, 0.1) is 5.66 Å². The molecule has 0 amide bonds. The van der Waals surface area contributed by atoms with Crippen molar-refractivity contribution in [2.75, 3.05) is 0 Å². The summed E-state index contributed by atoms with van der Waals surface area (Å²) in [7, 11) is -3.20. The molecule has 1 atom stereocenters. The van der Waals surface area contributed by atoms with E-state index in [9.17, 15) is 0 Å². The van der Waals surface area contributed by atoms with Gasteiger partial charge in [-0.1, -0.05) is 120 Å². The van der Waals surface area contributed by atoms with Crippen molar-refractivity contribution >= 4 is 41.0 Å². The van der Waals surface area contributed by atoms with Crippen LogP contribution in [0.2, 0.25) is 10.0 Å². The van der Waals surface area contributed by atoms with Gasteiger partial charge in [0.15, 0.2) is 7.14 Å². The van der Waals surface area contributed by atoms with Gasteiger partial charge < -0.3 is 4.57 Å². The Morgan fingerprint density at radius 3 is 1.41 bits per heavy atom. The van der Waals surface area contributed by atoms with Gasteiger partial charge in [0.1, 0.15) is 0 Å². The average molecular weight is 437 g/mol. The zero-order valence-corrected chi connectivity index (χ0v) is 18.0. The third-order valence-corrected chi connectivity index (χ3v) is 9.10. The topological polar surface area (TPSA) is 17.1 Å². The van der Waals surface area contributed by atoms with Crippen LogP contribution in [0.1, 0.15) is 16.8 Å². The van der Waals surface area contributed by atoms with Crippen molar-refractivity contribution in [2.24, 2.45) is 0 Å². The zero-order valence-electron chi connectivity index (χ0n) is 15.6. The third-order valence-electron chi connectivity index (χ3n) is 5.03. The highest BCUT2D eigenvalue weighted by Crippen LogP contribution is 2.62. The SMILES string of the molecule is O=P(c1ccccc1)(c1ccccc1)C(c1ccccc1)c1c(Cl)cccc1Cl.